The maximum absolute atomic E-state index is 11.0. The van der Waals surface area contributed by atoms with Crippen LogP contribution in [0.1, 0.15) is 12.8 Å². The fourth-order valence-corrected chi connectivity index (χ4v) is 1.34. The fraction of sp³-hybridized carbons (Fsp3) is 0.250. The van der Waals surface area contributed by atoms with Gasteiger partial charge in [-0.15, -0.1) is 6.58 Å². The predicted octanol–water partition coefficient (Wildman–Crippen LogP) is 3.14. The molecule has 0 aliphatic rings. The van der Waals surface area contributed by atoms with Crippen molar-refractivity contribution in [2.24, 2.45) is 0 Å². The number of amides is 1. The van der Waals surface area contributed by atoms with Crippen molar-refractivity contribution in [1.82, 2.24) is 0 Å². The molecule has 1 aromatic carbocycles. The first-order chi connectivity index (χ1) is 7.25. The van der Waals surface area contributed by atoms with Gasteiger partial charge >= 0.3 is 6.09 Å². The van der Waals surface area contributed by atoms with Gasteiger partial charge in [-0.3, -0.25) is 4.90 Å². The molecule has 0 aliphatic heterocycles. The number of carbonyl (C=O) groups is 1. The molecule has 0 bridgehead atoms. The average molecular weight is 205 g/mol. The Kier molecular flexibility index (Phi) is 4.41. The number of nitrogens with zero attached hydrogens (tertiary/aromatic N) is 1. The molecule has 1 amide bonds. The standard InChI is InChI=1S/C12H15NO2/c1-2-3-7-10-13(12(14)15)11-8-5-4-6-9-11/h2,4-6,8-9H,1,3,7,10H2,(H,14,15). The highest BCUT2D eigenvalue weighted by Crippen LogP contribution is 2.14. The topological polar surface area (TPSA) is 40.5 Å². The van der Waals surface area contributed by atoms with Gasteiger partial charge in [0, 0.05) is 12.2 Å². The summed E-state index contributed by atoms with van der Waals surface area (Å²) >= 11 is 0. The highest BCUT2D eigenvalue weighted by molar-refractivity contribution is 5.85. The van der Waals surface area contributed by atoms with E-state index < -0.39 is 6.09 Å². The van der Waals surface area contributed by atoms with Gasteiger partial charge in [0.1, 0.15) is 0 Å². The van der Waals surface area contributed by atoms with Crippen LogP contribution in [-0.2, 0) is 0 Å². The van der Waals surface area contributed by atoms with Crippen molar-refractivity contribution in [2.45, 2.75) is 12.8 Å². The molecular weight excluding hydrogens is 190 g/mol. The van der Waals surface area contributed by atoms with Crippen LogP contribution in [0.4, 0.5) is 10.5 Å². The second kappa shape index (κ2) is 5.86. The Hall–Kier alpha value is -1.77. The number of carboxylic acid groups (broad SMARTS) is 1. The van der Waals surface area contributed by atoms with Crippen molar-refractivity contribution in [2.75, 3.05) is 11.4 Å². The van der Waals surface area contributed by atoms with Crippen molar-refractivity contribution in [3.05, 3.63) is 43.0 Å². The van der Waals surface area contributed by atoms with E-state index in [1.54, 1.807) is 18.2 Å². The molecule has 0 heterocycles. The second-order valence-corrected chi connectivity index (χ2v) is 3.20. The molecule has 0 aromatic heterocycles. The molecule has 0 radical (unpaired) electrons. The monoisotopic (exact) mass is 205 g/mol. The molecule has 1 N–H and O–H groups in total. The number of hydrogen-bond acceptors (Lipinski definition) is 1. The maximum Gasteiger partial charge on any atom is 0.411 e. The molecule has 1 aromatic rings. The highest BCUT2D eigenvalue weighted by atomic mass is 16.4. The normalized spacial score (nSPS) is 9.60. The van der Waals surface area contributed by atoms with Crippen LogP contribution in [0, 0.1) is 0 Å². The lowest BCUT2D eigenvalue weighted by Crippen LogP contribution is -2.30. The van der Waals surface area contributed by atoms with Gasteiger partial charge in [-0.05, 0) is 25.0 Å². The Morgan fingerprint density at radius 2 is 2.07 bits per heavy atom. The number of rotatable bonds is 5. The predicted molar refractivity (Wildman–Crippen MR) is 61.2 cm³/mol. The summed E-state index contributed by atoms with van der Waals surface area (Å²) in [4.78, 5) is 12.3. The molecule has 0 aliphatic carbocycles. The van der Waals surface area contributed by atoms with Crippen LogP contribution in [0.2, 0.25) is 0 Å². The van der Waals surface area contributed by atoms with Gasteiger partial charge in [-0.1, -0.05) is 24.3 Å². The Morgan fingerprint density at radius 3 is 2.60 bits per heavy atom. The molecule has 80 valence electrons. The molecule has 0 atom stereocenters. The van der Waals surface area contributed by atoms with Crippen LogP contribution in [0.5, 0.6) is 0 Å². The lowest BCUT2D eigenvalue weighted by molar-refractivity contribution is 0.201. The zero-order chi connectivity index (χ0) is 11.1. The number of hydrogen-bond donors (Lipinski definition) is 1. The van der Waals surface area contributed by atoms with E-state index in [4.69, 9.17) is 5.11 Å². The van der Waals surface area contributed by atoms with Gasteiger partial charge in [0.15, 0.2) is 0 Å². The number of benzene rings is 1. The van der Waals surface area contributed by atoms with E-state index in [1.165, 1.54) is 4.90 Å². The smallest absolute Gasteiger partial charge is 0.411 e. The zero-order valence-corrected chi connectivity index (χ0v) is 8.60. The van der Waals surface area contributed by atoms with Crippen LogP contribution in [-0.4, -0.2) is 17.7 Å². The van der Waals surface area contributed by atoms with E-state index in [-0.39, 0.29) is 0 Å². The van der Waals surface area contributed by atoms with E-state index in [2.05, 4.69) is 6.58 Å². The van der Waals surface area contributed by atoms with E-state index in [9.17, 15) is 4.79 Å². The third-order valence-electron chi connectivity index (χ3n) is 2.09. The van der Waals surface area contributed by atoms with Gasteiger partial charge in [0.2, 0.25) is 0 Å². The highest BCUT2D eigenvalue weighted by Gasteiger charge is 2.12. The number of anilines is 1. The molecule has 1 rings (SSSR count). The van der Waals surface area contributed by atoms with Gasteiger partial charge in [-0.25, -0.2) is 4.79 Å². The van der Waals surface area contributed by atoms with E-state index >= 15 is 0 Å². The summed E-state index contributed by atoms with van der Waals surface area (Å²) in [5, 5.41) is 9.03. The molecule has 0 saturated carbocycles. The Bertz CT molecular complexity index is 322. The summed E-state index contributed by atoms with van der Waals surface area (Å²) in [6, 6.07) is 9.12. The Morgan fingerprint density at radius 1 is 1.40 bits per heavy atom. The minimum Gasteiger partial charge on any atom is -0.465 e. The van der Waals surface area contributed by atoms with E-state index in [1.807, 2.05) is 18.2 Å². The Balaban J connectivity index is 2.66. The third kappa shape index (κ3) is 3.46. The molecule has 0 fully saturated rings. The van der Waals surface area contributed by atoms with Crippen LogP contribution in [0.15, 0.2) is 43.0 Å². The fourth-order valence-electron chi connectivity index (χ4n) is 1.34. The molecule has 3 nitrogen and oxygen atoms in total. The van der Waals surface area contributed by atoms with Crippen molar-refractivity contribution in [3.8, 4) is 0 Å². The summed E-state index contributed by atoms with van der Waals surface area (Å²) in [6.45, 7) is 4.11. The number of para-hydroxylation sites is 1. The van der Waals surface area contributed by atoms with Crippen molar-refractivity contribution < 1.29 is 9.90 Å². The Labute approximate surface area is 89.6 Å². The molecule has 15 heavy (non-hydrogen) atoms. The van der Waals surface area contributed by atoms with Crippen LogP contribution < -0.4 is 4.90 Å². The van der Waals surface area contributed by atoms with E-state index in [0.29, 0.717) is 12.2 Å². The maximum atomic E-state index is 11.0. The number of allylic oxidation sites excluding steroid dienone is 1. The van der Waals surface area contributed by atoms with Crippen molar-refractivity contribution >= 4 is 11.8 Å². The molecular formula is C12H15NO2. The first-order valence-electron chi connectivity index (χ1n) is 4.92. The summed E-state index contributed by atoms with van der Waals surface area (Å²) in [6.07, 6.45) is 2.51. The summed E-state index contributed by atoms with van der Waals surface area (Å²) in [5.74, 6) is 0. The largest absolute Gasteiger partial charge is 0.465 e. The summed E-state index contributed by atoms with van der Waals surface area (Å²) < 4.78 is 0. The SMILES string of the molecule is C=CCCCN(C(=O)O)c1ccccc1. The lowest BCUT2D eigenvalue weighted by atomic mass is 10.2. The average Bonchev–Trinajstić information content (AvgIpc) is 2.25. The first kappa shape index (κ1) is 11.3. The second-order valence-electron chi connectivity index (χ2n) is 3.20. The summed E-state index contributed by atoms with van der Waals surface area (Å²) in [5.41, 5.74) is 0.717. The van der Waals surface area contributed by atoms with Crippen molar-refractivity contribution in [1.29, 1.82) is 0 Å². The van der Waals surface area contributed by atoms with Gasteiger partial charge in [0.25, 0.3) is 0 Å². The quantitative estimate of drug-likeness (QED) is 0.592. The third-order valence-corrected chi connectivity index (χ3v) is 2.09. The molecule has 0 unspecified atom stereocenters. The van der Waals surface area contributed by atoms with Gasteiger partial charge in [-0.2, -0.15) is 0 Å². The van der Waals surface area contributed by atoms with Gasteiger partial charge in [0.05, 0.1) is 0 Å². The molecule has 0 spiro atoms. The minimum absolute atomic E-state index is 0.505. The van der Waals surface area contributed by atoms with Crippen molar-refractivity contribution in [3.63, 3.8) is 0 Å². The molecule has 3 heteroatoms. The van der Waals surface area contributed by atoms with Crippen LogP contribution in [0.25, 0.3) is 0 Å². The van der Waals surface area contributed by atoms with E-state index in [0.717, 1.165) is 12.8 Å². The van der Waals surface area contributed by atoms with Crippen LogP contribution >= 0.6 is 0 Å². The zero-order valence-electron chi connectivity index (χ0n) is 8.60. The lowest BCUT2D eigenvalue weighted by Gasteiger charge is -2.18. The van der Waals surface area contributed by atoms with Gasteiger partial charge < -0.3 is 5.11 Å². The molecule has 0 saturated heterocycles. The first-order valence-corrected chi connectivity index (χ1v) is 4.92. The van der Waals surface area contributed by atoms with Crippen LogP contribution in [0.3, 0.4) is 0 Å². The number of unbranched alkanes of at least 4 members (excludes halogenated alkanes) is 1. The minimum atomic E-state index is -0.912. The summed E-state index contributed by atoms with van der Waals surface area (Å²) in [7, 11) is 0.